The first-order valence-corrected chi connectivity index (χ1v) is 6.08. The van der Waals surface area contributed by atoms with Crippen LogP contribution in [0.5, 0.6) is 5.75 Å². The second kappa shape index (κ2) is 5.45. The van der Waals surface area contributed by atoms with E-state index in [1.54, 1.807) is 12.1 Å². The van der Waals surface area contributed by atoms with Gasteiger partial charge < -0.3 is 10.4 Å². The van der Waals surface area contributed by atoms with Crippen molar-refractivity contribution >= 4 is 16.7 Å². The lowest BCUT2D eigenvalue weighted by molar-refractivity contribution is 0.0938. The molecule has 3 nitrogen and oxygen atoms in total. The number of amides is 1. The molecule has 0 saturated heterocycles. The number of phenols is 1. The molecule has 1 unspecified atom stereocenters. The number of benzene rings is 2. The van der Waals surface area contributed by atoms with Gasteiger partial charge in [-0.1, -0.05) is 30.3 Å². The predicted molar refractivity (Wildman–Crippen MR) is 76.0 cm³/mol. The molecular weight excluding hydrogens is 238 g/mol. The molecule has 96 valence electrons. The molecule has 0 aliphatic carbocycles. The lowest BCUT2D eigenvalue weighted by Gasteiger charge is -2.12. The second-order valence-electron chi connectivity index (χ2n) is 4.47. The van der Waals surface area contributed by atoms with Crippen LogP contribution in [0.1, 0.15) is 23.7 Å². The van der Waals surface area contributed by atoms with Crippen molar-refractivity contribution in [3.05, 3.63) is 42.0 Å². The van der Waals surface area contributed by atoms with Gasteiger partial charge >= 0.3 is 0 Å². The summed E-state index contributed by atoms with van der Waals surface area (Å²) in [5.74, 6) is 2.18. The fourth-order valence-electron chi connectivity index (χ4n) is 1.97. The fourth-order valence-corrected chi connectivity index (χ4v) is 1.97. The first kappa shape index (κ1) is 13.0. The quantitative estimate of drug-likeness (QED) is 0.826. The van der Waals surface area contributed by atoms with E-state index >= 15 is 0 Å². The molecule has 0 aliphatic rings. The highest BCUT2D eigenvalue weighted by Crippen LogP contribution is 2.28. The number of phenolic OH excluding ortho intramolecular Hbond substituents is 1. The summed E-state index contributed by atoms with van der Waals surface area (Å²) >= 11 is 0. The summed E-state index contributed by atoms with van der Waals surface area (Å²) in [6.07, 6.45) is 5.66. The topological polar surface area (TPSA) is 49.3 Å². The molecule has 2 rings (SSSR count). The fraction of sp³-hybridized carbons (Fsp3) is 0.188. The Morgan fingerprint density at radius 1 is 1.37 bits per heavy atom. The van der Waals surface area contributed by atoms with Gasteiger partial charge in [0.1, 0.15) is 5.75 Å². The van der Waals surface area contributed by atoms with Crippen LogP contribution >= 0.6 is 0 Å². The van der Waals surface area contributed by atoms with Crippen molar-refractivity contribution in [1.29, 1.82) is 0 Å². The third-order valence-corrected chi connectivity index (χ3v) is 2.95. The maximum atomic E-state index is 12.1. The molecule has 2 aromatic rings. The molecule has 0 bridgehead atoms. The number of hydrogen-bond donors (Lipinski definition) is 2. The van der Waals surface area contributed by atoms with Gasteiger partial charge in [-0.2, -0.15) is 0 Å². The highest BCUT2D eigenvalue weighted by molar-refractivity contribution is 6.03. The van der Waals surface area contributed by atoms with Crippen LogP contribution in [0, 0.1) is 12.3 Å². The summed E-state index contributed by atoms with van der Waals surface area (Å²) in [5, 5.41) is 14.5. The smallest absolute Gasteiger partial charge is 0.255 e. The van der Waals surface area contributed by atoms with E-state index in [1.807, 2.05) is 31.2 Å². The first-order valence-electron chi connectivity index (χ1n) is 6.08. The molecule has 2 aromatic carbocycles. The van der Waals surface area contributed by atoms with E-state index in [2.05, 4.69) is 11.2 Å². The normalized spacial score (nSPS) is 11.8. The molecule has 19 heavy (non-hydrogen) atoms. The summed E-state index contributed by atoms with van der Waals surface area (Å²) in [6.45, 7) is 1.83. The maximum absolute atomic E-state index is 12.1. The standard InChI is InChI=1S/C16H15NO2/c1-3-6-11(2)17-16(19)14-10-9-12-7-4-5-8-13(12)15(14)18/h1,4-5,7-11,18H,6H2,2H3,(H,17,19). The van der Waals surface area contributed by atoms with Crippen LogP contribution in [-0.2, 0) is 0 Å². The van der Waals surface area contributed by atoms with Crippen LogP contribution in [0.15, 0.2) is 36.4 Å². The van der Waals surface area contributed by atoms with Gasteiger partial charge in [0.15, 0.2) is 0 Å². The molecule has 1 amide bonds. The molecule has 2 N–H and O–H groups in total. The molecule has 0 fully saturated rings. The number of hydrogen-bond acceptors (Lipinski definition) is 2. The summed E-state index contributed by atoms with van der Waals surface area (Å²) < 4.78 is 0. The highest BCUT2D eigenvalue weighted by Gasteiger charge is 2.15. The molecule has 0 aliphatic heterocycles. The monoisotopic (exact) mass is 253 g/mol. The van der Waals surface area contributed by atoms with E-state index in [0.29, 0.717) is 11.8 Å². The van der Waals surface area contributed by atoms with E-state index in [4.69, 9.17) is 6.42 Å². The van der Waals surface area contributed by atoms with E-state index in [1.165, 1.54) is 0 Å². The Morgan fingerprint density at radius 2 is 2.11 bits per heavy atom. The van der Waals surface area contributed by atoms with Crippen LogP contribution < -0.4 is 5.32 Å². The van der Waals surface area contributed by atoms with Crippen molar-refractivity contribution in [3.63, 3.8) is 0 Å². The van der Waals surface area contributed by atoms with Crippen molar-refractivity contribution in [2.45, 2.75) is 19.4 Å². The van der Waals surface area contributed by atoms with Gasteiger partial charge in [0.25, 0.3) is 5.91 Å². The van der Waals surface area contributed by atoms with Crippen molar-refractivity contribution in [3.8, 4) is 18.1 Å². The molecule has 1 atom stereocenters. The summed E-state index contributed by atoms with van der Waals surface area (Å²) in [4.78, 5) is 12.1. The van der Waals surface area contributed by atoms with E-state index < -0.39 is 0 Å². The number of carbonyl (C=O) groups excluding carboxylic acids is 1. The highest BCUT2D eigenvalue weighted by atomic mass is 16.3. The number of fused-ring (bicyclic) bond motifs is 1. The van der Waals surface area contributed by atoms with Crippen molar-refractivity contribution in [2.24, 2.45) is 0 Å². The van der Waals surface area contributed by atoms with Crippen LogP contribution in [0.3, 0.4) is 0 Å². The molecular formula is C16H15NO2. The average molecular weight is 253 g/mol. The molecule has 0 heterocycles. The van der Waals surface area contributed by atoms with Gasteiger partial charge in [0, 0.05) is 17.8 Å². The average Bonchev–Trinajstić information content (AvgIpc) is 2.39. The third-order valence-electron chi connectivity index (χ3n) is 2.95. The third kappa shape index (κ3) is 2.69. The van der Waals surface area contributed by atoms with Crippen LogP contribution in [0.4, 0.5) is 0 Å². The minimum Gasteiger partial charge on any atom is -0.506 e. The number of aromatic hydroxyl groups is 1. The van der Waals surface area contributed by atoms with E-state index in [-0.39, 0.29) is 23.3 Å². The van der Waals surface area contributed by atoms with Gasteiger partial charge in [-0.05, 0) is 18.4 Å². The van der Waals surface area contributed by atoms with Gasteiger partial charge in [0.2, 0.25) is 0 Å². The predicted octanol–water partition coefficient (Wildman–Crippen LogP) is 2.69. The number of carbonyl (C=O) groups is 1. The zero-order valence-electron chi connectivity index (χ0n) is 10.7. The molecule has 0 aromatic heterocycles. The first-order chi connectivity index (χ1) is 9.13. The maximum Gasteiger partial charge on any atom is 0.255 e. The molecule has 0 radical (unpaired) electrons. The lowest BCUT2D eigenvalue weighted by atomic mass is 10.0. The van der Waals surface area contributed by atoms with Crippen LogP contribution in [0.2, 0.25) is 0 Å². The van der Waals surface area contributed by atoms with Gasteiger partial charge in [-0.15, -0.1) is 12.3 Å². The number of rotatable bonds is 3. The molecule has 3 heteroatoms. The Morgan fingerprint density at radius 3 is 2.84 bits per heavy atom. The Labute approximate surface area is 112 Å². The van der Waals surface area contributed by atoms with Gasteiger partial charge in [-0.25, -0.2) is 0 Å². The lowest BCUT2D eigenvalue weighted by Crippen LogP contribution is -2.32. The Balaban J connectivity index is 2.33. The van der Waals surface area contributed by atoms with Crippen molar-refractivity contribution in [2.75, 3.05) is 0 Å². The van der Waals surface area contributed by atoms with E-state index in [0.717, 1.165) is 5.39 Å². The second-order valence-corrected chi connectivity index (χ2v) is 4.47. The van der Waals surface area contributed by atoms with Crippen molar-refractivity contribution < 1.29 is 9.90 Å². The zero-order chi connectivity index (χ0) is 13.8. The minimum atomic E-state index is -0.314. The van der Waals surface area contributed by atoms with Crippen LogP contribution in [0.25, 0.3) is 10.8 Å². The summed E-state index contributed by atoms with van der Waals surface area (Å²) in [7, 11) is 0. The van der Waals surface area contributed by atoms with Gasteiger partial charge in [0.05, 0.1) is 5.56 Å². The van der Waals surface area contributed by atoms with E-state index in [9.17, 15) is 9.90 Å². The summed E-state index contributed by atoms with van der Waals surface area (Å²) in [5.41, 5.74) is 0.266. The van der Waals surface area contributed by atoms with Crippen LogP contribution in [-0.4, -0.2) is 17.1 Å². The van der Waals surface area contributed by atoms with Gasteiger partial charge in [-0.3, -0.25) is 4.79 Å². The molecule has 0 spiro atoms. The number of terminal acetylenes is 1. The Hall–Kier alpha value is -2.47. The largest absolute Gasteiger partial charge is 0.506 e. The minimum absolute atomic E-state index is 0.00325. The molecule has 0 saturated carbocycles. The Kier molecular flexibility index (Phi) is 3.72. The SMILES string of the molecule is C#CCC(C)NC(=O)c1ccc2ccccc2c1O. The zero-order valence-corrected chi connectivity index (χ0v) is 10.7. The number of nitrogens with one attached hydrogen (secondary N) is 1. The summed E-state index contributed by atoms with van der Waals surface area (Å²) in [6, 6.07) is 10.7. The van der Waals surface area contributed by atoms with Crippen molar-refractivity contribution in [1.82, 2.24) is 5.32 Å². The Bertz CT molecular complexity index is 655.